The lowest BCUT2D eigenvalue weighted by Crippen LogP contribution is -2.26. The van der Waals surface area contributed by atoms with E-state index in [9.17, 15) is 4.79 Å². The van der Waals surface area contributed by atoms with Crippen molar-refractivity contribution in [2.75, 3.05) is 18.9 Å². The quantitative estimate of drug-likeness (QED) is 0.685. The van der Waals surface area contributed by atoms with E-state index in [2.05, 4.69) is 45.5 Å². The van der Waals surface area contributed by atoms with Crippen LogP contribution in [0, 0.1) is 10.5 Å². The largest absolute Gasteiger partial charge is 0.493 e. The SMILES string of the molecule is CCOC(=O)N1Cc2nc(N)nc(-c3c(I)cc(C)c4c3CCO4)c2C1. The highest BCUT2D eigenvalue weighted by Crippen LogP contribution is 2.42. The lowest BCUT2D eigenvalue weighted by atomic mass is 9.96. The maximum atomic E-state index is 12.1. The Morgan fingerprint density at radius 3 is 2.96 bits per heavy atom. The monoisotopic (exact) mass is 466 g/mol. The average Bonchev–Trinajstić information content (AvgIpc) is 3.21. The van der Waals surface area contributed by atoms with E-state index in [1.54, 1.807) is 11.8 Å². The minimum atomic E-state index is -0.345. The Hall–Kier alpha value is -2.10. The molecule has 1 amide bonds. The molecule has 0 radical (unpaired) electrons. The third-order valence-corrected chi connectivity index (χ3v) is 5.53. The molecule has 2 aliphatic rings. The molecular weight excluding hydrogens is 447 g/mol. The summed E-state index contributed by atoms with van der Waals surface area (Å²) >= 11 is 2.33. The summed E-state index contributed by atoms with van der Waals surface area (Å²) in [6, 6.07) is 2.10. The minimum Gasteiger partial charge on any atom is -0.493 e. The van der Waals surface area contributed by atoms with Crippen molar-refractivity contribution in [3.05, 3.63) is 32.0 Å². The van der Waals surface area contributed by atoms with Crippen LogP contribution in [0.1, 0.15) is 29.3 Å². The number of fused-ring (bicyclic) bond motifs is 2. The molecule has 0 saturated carbocycles. The predicted octanol–water partition coefficient (Wildman–Crippen LogP) is 3.05. The number of nitrogens with two attached hydrogens (primary N) is 1. The fourth-order valence-corrected chi connectivity index (χ4v) is 4.65. The molecule has 3 heterocycles. The zero-order valence-electron chi connectivity index (χ0n) is 14.6. The van der Waals surface area contributed by atoms with Gasteiger partial charge in [0.2, 0.25) is 5.95 Å². The number of ether oxygens (including phenoxy) is 2. The third-order valence-electron chi connectivity index (χ3n) is 4.68. The molecule has 136 valence electrons. The number of nitrogens with zero attached hydrogens (tertiary/aromatic N) is 3. The van der Waals surface area contributed by atoms with Crippen LogP contribution in [0.4, 0.5) is 10.7 Å². The molecule has 2 aliphatic heterocycles. The number of hydrogen-bond acceptors (Lipinski definition) is 6. The van der Waals surface area contributed by atoms with Crippen LogP contribution in [0.5, 0.6) is 5.75 Å². The molecule has 0 aliphatic carbocycles. The number of anilines is 1. The van der Waals surface area contributed by atoms with Crippen molar-refractivity contribution in [2.45, 2.75) is 33.4 Å². The summed E-state index contributed by atoms with van der Waals surface area (Å²) in [5.74, 6) is 1.15. The van der Waals surface area contributed by atoms with E-state index in [4.69, 9.17) is 15.2 Å². The van der Waals surface area contributed by atoms with Gasteiger partial charge in [0.1, 0.15) is 5.75 Å². The maximum Gasteiger partial charge on any atom is 0.410 e. The van der Waals surface area contributed by atoms with E-state index in [1.165, 1.54) is 0 Å². The number of aromatic nitrogens is 2. The van der Waals surface area contributed by atoms with Gasteiger partial charge in [-0.3, -0.25) is 4.90 Å². The molecular formula is C18H19IN4O3. The van der Waals surface area contributed by atoms with Crippen LogP contribution in [0.15, 0.2) is 6.07 Å². The standard InChI is InChI=1S/C18H19IN4O3/c1-3-25-18(24)23-7-11-13(8-23)21-17(20)22-15(11)14-10-4-5-26-16(10)9(2)6-12(14)19/h6H,3-5,7-8H2,1-2H3,(H2,20,21,22). The number of amides is 1. The highest BCUT2D eigenvalue weighted by atomic mass is 127. The van der Waals surface area contributed by atoms with E-state index in [0.29, 0.717) is 26.3 Å². The summed E-state index contributed by atoms with van der Waals surface area (Å²) in [6.07, 6.45) is 0.491. The van der Waals surface area contributed by atoms with Crippen molar-refractivity contribution < 1.29 is 14.3 Å². The number of carbonyl (C=O) groups is 1. The van der Waals surface area contributed by atoms with Crippen molar-refractivity contribution in [3.8, 4) is 17.0 Å². The van der Waals surface area contributed by atoms with Gasteiger partial charge in [0.05, 0.1) is 37.7 Å². The molecule has 1 aromatic carbocycles. The second-order valence-electron chi connectivity index (χ2n) is 6.37. The molecule has 0 fully saturated rings. The number of halogens is 1. The van der Waals surface area contributed by atoms with Crippen molar-refractivity contribution in [1.82, 2.24) is 14.9 Å². The highest BCUT2D eigenvalue weighted by molar-refractivity contribution is 14.1. The van der Waals surface area contributed by atoms with Crippen molar-refractivity contribution >= 4 is 34.6 Å². The highest BCUT2D eigenvalue weighted by Gasteiger charge is 2.32. The van der Waals surface area contributed by atoms with E-state index in [1.807, 2.05) is 0 Å². The minimum absolute atomic E-state index is 0.216. The zero-order chi connectivity index (χ0) is 18.4. The normalized spacial score (nSPS) is 14.8. The first-order chi connectivity index (χ1) is 12.5. The lowest BCUT2D eigenvalue weighted by Gasteiger charge is -2.16. The fraction of sp³-hybridized carbons (Fsp3) is 0.389. The van der Waals surface area contributed by atoms with Gasteiger partial charge in [0.25, 0.3) is 0 Å². The molecule has 0 bridgehead atoms. The Morgan fingerprint density at radius 1 is 1.38 bits per heavy atom. The zero-order valence-corrected chi connectivity index (χ0v) is 16.8. The predicted molar refractivity (Wildman–Crippen MR) is 105 cm³/mol. The van der Waals surface area contributed by atoms with Gasteiger partial charge in [-0.15, -0.1) is 0 Å². The van der Waals surface area contributed by atoms with Crippen molar-refractivity contribution in [1.29, 1.82) is 0 Å². The molecule has 7 nitrogen and oxygen atoms in total. The van der Waals surface area contributed by atoms with Gasteiger partial charge in [0.15, 0.2) is 0 Å². The van der Waals surface area contributed by atoms with Gasteiger partial charge in [0, 0.05) is 26.7 Å². The second kappa shape index (κ2) is 6.57. The van der Waals surface area contributed by atoms with Gasteiger partial charge in [-0.05, 0) is 48.1 Å². The molecule has 8 heteroatoms. The second-order valence-corrected chi connectivity index (χ2v) is 7.53. The van der Waals surface area contributed by atoms with E-state index < -0.39 is 0 Å². The Balaban J connectivity index is 1.85. The third kappa shape index (κ3) is 2.76. The van der Waals surface area contributed by atoms with Gasteiger partial charge >= 0.3 is 6.09 Å². The van der Waals surface area contributed by atoms with Crippen molar-refractivity contribution in [3.63, 3.8) is 0 Å². The number of rotatable bonds is 2. The molecule has 26 heavy (non-hydrogen) atoms. The van der Waals surface area contributed by atoms with Crippen LogP contribution < -0.4 is 10.5 Å². The van der Waals surface area contributed by atoms with E-state index in [-0.39, 0.29) is 12.0 Å². The van der Waals surface area contributed by atoms with E-state index in [0.717, 1.165) is 49.4 Å². The number of hydrogen-bond donors (Lipinski definition) is 1. The Bertz CT molecular complexity index is 916. The summed E-state index contributed by atoms with van der Waals surface area (Å²) in [5.41, 5.74) is 11.8. The molecule has 0 unspecified atom stereocenters. The average molecular weight is 466 g/mol. The maximum absolute atomic E-state index is 12.1. The van der Waals surface area contributed by atoms with Gasteiger partial charge in [-0.1, -0.05) is 0 Å². The number of nitrogen functional groups attached to an aromatic ring is 1. The fourth-order valence-electron chi connectivity index (χ4n) is 3.60. The first-order valence-electron chi connectivity index (χ1n) is 8.51. The topological polar surface area (TPSA) is 90.6 Å². The first-order valence-corrected chi connectivity index (χ1v) is 9.59. The van der Waals surface area contributed by atoms with E-state index >= 15 is 0 Å². The number of benzene rings is 1. The molecule has 4 rings (SSSR count). The Morgan fingerprint density at radius 2 is 2.19 bits per heavy atom. The summed E-state index contributed by atoms with van der Waals surface area (Å²) in [4.78, 5) is 22.7. The summed E-state index contributed by atoms with van der Waals surface area (Å²) < 4.78 is 12.1. The van der Waals surface area contributed by atoms with Crippen LogP contribution in [0.25, 0.3) is 11.3 Å². The van der Waals surface area contributed by atoms with Crippen molar-refractivity contribution in [2.24, 2.45) is 0 Å². The molecule has 2 aromatic rings. The lowest BCUT2D eigenvalue weighted by molar-refractivity contribution is 0.106. The molecule has 2 N–H and O–H groups in total. The van der Waals surface area contributed by atoms with Crippen LogP contribution in [0.2, 0.25) is 0 Å². The number of carbonyl (C=O) groups excluding carboxylic acids is 1. The summed E-state index contributed by atoms with van der Waals surface area (Å²) in [5, 5.41) is 0. The number of aryl methyl sites for hydroxylation is 1. The molecule has 1 aromatic heterocycles. The van der Waals surface area contributed by atoms with Crippen LogP contribution >= 0.6 is 22.6 Å². The van der Waals surface area contributed by atoms with Crippen LogP contribution in [0.3, 0.4) is 0 Å². The first kappa shape index (κ1) is 17.3. The van der Waals surface area contributed by atoms with Gasteiger partial charge < -0.3 is 15.2 Å². The Kier molecular flexibility index (Phi) is 4.37. The molecule has 0 saturated heterocycles. The smallest absolute Gasteiger partial charge is 0.410 e. The molecule has 0 spiro atoms. The summed E-state index contributed by atoms with van der Waals surface area (Å²) in [6.45, 7) is 5.66. The van der Waals surface area contributed by atoms with Crippen LogP contribution in [-0.4, -0.2) is 34.2 Å². The Labute approximate surface area is 165 Å². The van der Waals surface area contributed by atoms with Crippen LogP contribution in [-0.2, 0) is 24.2 Å². The summed E-state index contributed by atoms with van der Waals surface area (Å²) in [7, 11) is 0. The molecule has 0 atom stereocenters. The van der Waals surface area contributed by atoms with Gasteiger partial charge in [-0.2, -0.15) is 0 Å². The van der Waals surface area contributed by atoms with Gasteiger partial charge in [-0.25, -0.2) is 14.8 Å².